The van der Waals surface area contributed by atoms with E-state index in [9.17, 15) is 29.3 Å². The maximum absolute atomic E-state index is 14.7. The van der Waals surface area contributed by atoms with Crippen LogP contribution in [0.1, 0.15) is 34.6 Å². The van der Waals surface area contributed by atoms with Gasteiger partial charge in [0.1, 0.15) is 5.69 Å². The van der Waals surface area contributed by atoms with E-state index in [0.29, 0.717) is 11.8 Å². The number of nitrogens with zero attached hydrogens (tertiary/aromatic N) is 4. The summed E-state index contributed by atoms with van der Waals surface area (Å²) in [6.45, 7) is 0. The Morgan fingerprint density at radius 3 is 2.00 bits per heavy atom. The molecule has 2 heterocycles. The summed E-state index contributed by atoms with van der Waals surface area (Å²) >= 11 is 6.09. The monoisotopic (exact) mass is 644 g/mol. The van der Waals surface area contributed by atoms with Crippen molar-refractivity contribution in [3.8, 4) is 0 Å². The number of hydrogen-bond acceptors (Lipinski definition) is 7. The molecule has 7 aliphatic carbocycles. The first kappa shape index (κ1) is 27.2. The van der Waals surface area contributed by atoms with Crippen LogP contribution in [0.2, 0.25) is 5.02 Å². The van der Waals surface area contributed by atoms with Gasteiger partial charge in [-0.15, -0.1) is 0 Å². The Labute approximate surface area is 272 Å². The predicted molar refractivity (Wildman–Crippen MR) is 168 cm³/mol. The Morgan fingerprint density at radius 2 is 1.40 bits per heavy atom. The van der Waals surface area contributed by atoms with Crippen LogP contribution in [0.15, 0.2) is 84.0 Å². The Hall–Kier alpha value is -4.96. The molecule has 232 valence electrons. The van der Waals surface area contributed by atoms with Gasteiger partial charge in [0.15, 0.2) is 0 Å². The number of hydrogen-bond donors (Lipinski definition) is 0. The molecule has 2 aliphatic heterocycles. The molecule has 8 atom stereocenters. The number of carbonyl (C=O) groups excluding carboxylic acids is 4. The summed E-state index contributed by atoms with van der Waals surface area (Å²) in [5.74, 6) is -4.23. The zero-order chi connectivity index (χ0) is 32.1. The molecule has 4 bridgehead atoms. The SMILES string of the molecule is O=C1[C@@H]2[C@H]3C=C[C@@H]([C@@H]4C[C@H]34)[C@@H]2C(=O)N1/N=C\C12c3ccccc3C(c3ccccc31)[C@@H]1C(=O)N(c3ccc(Cl)cc3[N+](=O)[O-])C(=O)[C@H]12. The number of imide groups is 2. The number of hydrazone groups is 1. The van der Waals surface area contributed by atoms with Gasteiger partial charge in [-0.2, -0.15) is 10.1 Å². The van der Waals surface area contributed by atoms with E-state index in [-0.39, 0.29) is 34.4 Å². The van der Waals surface area contributed by atoms with Crippen molar-refractivity contribution < 1.29 is 24.1 Å². The summed E-state index contributed by atoms with van der Waals surface area (Å²) in [5, 5.41) is 17.9. The molecule has 2 saturated carbocycles. The Morgan fingerprint density at radius 1 is 0.809 bits per heavy atom. The standard InChI is InChI=1S/C36H25ClN4O6/c37-16-9-12-25(26(13-16)41(46)47)39-32(42)30-27-19-5-1-3-7-23(19)36(31(30)35(39)45,24-8-4-2-6-20(24)27)15-38-40-33(43)28-17-10-11-18(22-14-21(17)22)29(28)34(40)44/h1-13,15,17-18,21-22,27-31H,14H2/b38-15-/t17-,18-,21-,22+,27?,28-,29+,30-,31-,36?/m0/s1. The van der Waals surface area contributed by atoms with Gasteiger partial charge in [-0.05, 0) is 64.5 Å². The predicted octanol–water partition coefficient (Wildman–Crippen LogP) is 4.84. The lowest BCUT2D eigenvalue weighted by molar-refractivity contribution is -0.384. The summed E-state index contributed by atoms with van der Waals surface area (Å²) in [6.07, 6.45) is 6.78. The molecular weight excluding hydrogens is 620 g/mol. The number of rotatable bonds is 4. The third-order valence-corrected chi connectivity index (χ3v) is 12.3. The second-order valence-corrected chi connectivity index (χ2v) is 14.3. The smallest absolute Gasteiger partial charge is 0.274 e. The molecule has 47 heavy (non-hydrogen) atoms. The van der Waals surface area contributed by atoms with Crippen molar-refractivity contribution in [3.63, 3.8) is 0 Å². The maximum atomic E-state index is 14.7. The molecule has 0 aromatic heterocycles. The molecule has 3 aromatic rings. The number of allylic oxidation sites excluding steroid dienone is 2. The number of carbonyl (C=O) groups is 4. The number of benzene rings is 3. The lowest BCUT2D eigenvalue weighted by atomic mass is 9.47. The molecule has 10 nitrogen and oxygen atoms in total. The van der Waals surface area contributed by atoms with E-state index in [2.05, 4.69) is 17.3 Å². The fourth-order valence-corrected chi connectivity index (χ4v) is 10.5. The molecule has 4 amide bonds. The van der Waals surface area contributed by atoms with E-state index in [4.69, 9.17) is 11.6 Å². The molecule has 2 saturated heterocycles. The van der Waals surface area contributed by atoms with Crippen molar-refractivity contribution in [2.45, 2.75) is 17.8 Å². The van der Waals surface area contributed by atoms with Gasteiger partial charge >= 0.3 is 0 Å². The number of anilines is 1. The maximum Gasteiger partial charge on any atom is 0.294 e. The lowest BCUT2D eigenvalue weighted by Crippen LogP contribution is -2.55. The molecule has 0 radical (unpaired) electrons. The minimum Gasteiger partial charge on any atom is -0.274 e. The third-order valence-electron chi connectivity index (χ3n) is 12.1. The Balaban J connectivity index is 1.16. The van der Waals surface area contributed by atoms with Crippen LogP contribution in [0.4, 0.5) is 11.4 Å². The van der Waals surface area contributed by atoms with Crippen LogP contribution >= 0.6 is 11.6 Å². The second kappa shape index (κ2) is 8.89. The van der Waals surface area contributed by atoms with Crippen LogP contribution in [-0.4, -0.2) is 39.8 Å². The van der Waals surface area contributed by atoms with E-state index in [1.54, 1.807) is 0 Å². The average molecular weight is 645 g/mol. The average Bonchev–Trinajstić information content (AvgIpc) is 3.81. The highest BCUT2D eigenvalue weighted by Crippen LogP contribution is 2.66. The highest BCUT2D eigenvalue weighted by molar-refractivity contribution is 6.31. The highest BCUT2D eigenvalue weighted by Gasteiger charge is 2.70. The van der Waals surface area contributed by atoms with E-state index in [1.807, 2.05) is 48.5 Å². The first-order chi connectivity index (χ1) is 22.7. The number of amides is 4. The van der Waals surface area contributed by atoms with Crippen molar-refractivity contribution in [2.75, 3.05) is 4.90 Å². The highest BCUT2D eigenvalue weighted by atomic mass is 35.5. The van der Waals surface area contributed by atoms with Crippen LogP contribution in [-0.2, 0) is 24.6 Å². The summed E-state index contributed by atoms with van der Waals surface area (Å²) < 4.78 is 0. The first-order valence-electron chi connectivity index (χ1n) is 15.9. The molecular formula is C36H25ClN4O6. The minimum absolute atomic E-state index is 0.0264. The summed E-state index contributed by atoms with van der Waals surface area (Å²) in [4.78, 5) is 69.5. The molecule has 12 rings (SSSR count). The molecule has 4 fully saturated rings. The van der Waals surface area contributed by atoms with E-state index in [0.717, 1.165) is 44.6 Å². The number of nitro groups is 1. The van der Waals surface area contributed by atoms with Crippen molar-refractivity contribution >= 4 is 52.8 Å². The lowest BCUT2D eigenvalue weighted by Gasteiger charge is -2.52. The van der Waals surface area contributed by atoms with Gasteiger partial charge in [-0.25, -0.2) is 4.90 Å². The molecule has 3 aromatic carbocycles. The molecule has 11 heteroatoms. The molecule has 0 unspecified atom stereocenters. The largest absolute Gasteiger partial charge is 0.294 e. The normalized spacial score (nSPS) is 36.5. The molecule has 0 spiro atoms. The van der Waals surface area contributed by atoms with Crippen molar-refractivity contribution in [2.24, 2.45) is 52.4 Å². The van der Waals surface area contributed by atoms with Gasteiger partial charge in [-0.1, -0.05) is 72.3 Å². The summed E-state index contributed by atoms with van der Waals surface area (Å²) in [5.41, 5.74) is 1.22. The van der Waals surface area contributed by atoms with Crippen molar-refractivity contribution in [1.29, 1.82) is 0 Å². The fourth-order valence-electron chi connectivity index (χ4n) is 10.3. The van der Waals surface area contributed by atoms with Gasteiger partial charge in [-0.3, -0.25) is 29.3 Å². The minimum atomic E-state index is -1.34. The Kier molecular flexibility index (Phi) is 5.14. The van der Waals surface area contributed by atoms with Crippen LogP contribution in [0.3, 0.4) is 0 Å². The van der Waals surface area contributed by atoms with Gasteiger partial charge in [0.05, 0.1) is 34.0 Å². The molecule has 0 N–H and O–H groups in total. The van der Waals surface area contributed by atoms with Crippen molar-refractivity contribution in [3.05, 3.63) is 116 Å². The number of nitro benzene ring substituents is 1. The fraction of sp³-hybridized carbons (Fsp3) is 0.306. The van der Waals surface area contributed by atoms with Crippen LogP contribution in [0.25, 0.3) is 0 Å². The van der Waals surface area contributed by atoms with Gasteiger partial charge in [0.2, 0.25) is 11.8 Å². The Bertz CT molecular complexity index is 2030. The zero-order valence-electron chi connectivity index (χ0n) is 24.6. The summed E-state index contributed by atoms with van der Waals surface area (Å²) in [7, 11) is 0. The second-order valence-electron chi connectivity index (χ2n) is 13.8. The molecule has 9 aliphatic rings. The van der Waals surface area contributed by atoms with Gasteiger partial charge in [0.25, 0.3) is 17.5 Å². The topological polar surface area (TPSA) is 130 Å². The zero-order valence-corrected chi connectivity index (χ0v) is 25.4. The van der Waals surface area contributed by atoms with Gasteiger partial charge in [0, 0.05) is 23.2 Å². The van der Waals surface area contributed by atoms with E-state index in [1.165, 1.54) is 18.3 Å². The third kappa shape index (κ3) is 3.14. The first-order valence-corrected chi connectivity index (χ1v) is 16.2. The van der Waals surface area contributed by atoms with Crippen LogP contribution in [0, 0.1) is 57.5 Å². The van der Waals surface area contributed by atoms with E-state index >= 15 is 0 Å². The van der Waals surface area contributed by atoms with Crippen molar-refractivity contribution in [1.82, 2.24) is 5.01 Å². The van der Waals surface area contributed by atoms with E-state index < -0.39 is 57.4 Å². The summed E-state index contributed by atoms with van der Waals surface area (Å²) in [6, 6.07) is 19.0. The van der Waals surface area contributed by atoms with Gasteiger partial charge < -0.3 is 0 Å². The van der Waals surface area contributed by atoms with Crippen LogP contribution < -0.4 is 4.90 Å². The van der Waals surface area contributed by atoms with Crippen LogP contribution in [0.5, 0.6) is 0 Å². The number of halogens is 1. The quantitative estimate of drug-likeness (QED) is 0.131.